The van der Waals surface area contributed by atoms with E-state index in [0.717, 1.165) is 25.2 Å². The maximum Gasteiger partial charge on any atom is 0.123 e. The van der Waals surface area contributed by atoms with Gasteiger partial charge >= 0.3 is 0 Å². The largest absolute Gasteiger partial charge is 0.347 e. The van der Waals surface area contributed by atoms with Gasteiger partial charge in [-0.3, -0.25) is 0 Å². The van der Waals surface area contributed by atoms with Gasteiger partial charge in [0.1, 0.15) is 5.82 Å². The van der Waals surface area contributed by atoms with Crippen LogP contribution in [0.3, 0.4) is 0 Å². The lowest BCUT2D eigenvalue weighted by Gasteiger charge is -2.15. The number of nitrogens with zero attached hydrogens (tertiary/aromatic N) is 1. The fourth-order valence-corrected chi connectivity index (χ4v) is 3.27. The summed E-state index contributed by atoms with van der Waals surface area (Å²) in [4.78, 5) is 8.90. The minimum Gasteiger partial charge on any atom is -0.347 e. The van der Waals surface area contributed by atoms with Crippen LogP contribution >= 0.6 is 27.3 Å². The predicted molar refractivity (Wildman–Crippen MR) is 75.3 cm³/mol. The minimum absolute atomic E-state index is 0.264. The Hall–Kier alpha value is -0.650. The molecule has 0 saturated heterocycles. The highest BCUT2D eigenvalue weighted by atomic mass is 79.9. The van der Waals surface area contributed by atoms with Gasteiger partial charge in [0.05, 0.1) is 6.04 Å². The second-order valence-corrected chi connectivity index (χ2v) is 5.73. The van der Waals surface area contributed by atoms with Crippen LogP contribution in [0.5, 0.6) is 0 Å². The van der Waals surface area contributed by atoms with Crippen molar-refractivity contribution in [3.63, 3.8) is 0 Å². The minimum atomic E-state index is 0.264. The van der Waals surface area contributed by atoms with E-state index in [4.69, 9.17) is 0 Å². The van der Waals surface area contributed by atoms with Crippen LogP contribution in [0, 0.1) is 0 Å². The molecule has 0 spiro atoms. The number of halogens is 1. The van der Waals surface area contributed by atoms with Gasteiger partial charge in [-0.15, -0.1) is 11.3 Å². The molecule has 0 saturated carbocycles. The molecule has 2 aromatic heterocycles. The van der Waals surface area contributed by atoms with Crippen molar-refractivity contribution in [3.05, 3.63) is 39.0 Å². The number of thiophene rings is 1. The molecule has 0 amide bonds. The monoisotopic (exact) mass is 313 g/mol. The zero-order chi connectivity index (χ0) is 12.1. The summed E-state index contributed by atoms with van der Waals surface area (Å²) < 4.78 is 1.19. The second-order valence-electron chi connectivity index (χ2n) is 3.88. The van der Waals surface area contributed by atoms with Crippen LogP contribution in [0.2, 0.25) is 0 Å². The third kappa shape index (κ3) is 3.40. The molecule has 2 N–H and O–H groups in total. The first kappa shape index (κ1) is 12.8. The number of hydrogen-bond donors (Lipinski definition) is 2. The summed E-state index contributed by atoms with van der Waals surface area (Å²) in [7, 11) is 0. The average Bonchev–Trinajstić information content (AvgIpc) is 2.96. The molecule has 1 atom stereocenters. The van der Waals surface area contributed by atoms with Crippen molar-refractivity contribution in [2.24, 2.45) is 0 Å². The van der Waals surface area contributed by atoms with Crippen molar-refractivity contribution in [2.75, 3.05) is 6.54 Å². The molecule has 5 heteroatoms. The third-order valence-corrected chi connectivity index (χ3v) is 4.52. The number of aromatic nitrogens is 2. The van der Waals surface area contributed by atoms with Gasteiger partial charge in [0.2, 0.25) is 0 Å². The van der Waals surface area contributed by atoms with Crippen molar-refractivity contribution in [1.82, 2.24) is 15.3 Å². The van der Waals surface area contributed by atoms with E-state index in [1.807, 2.05) is 6.20 Å². The molecule has 0 aliphatic heterocycles. The standard InChI is InChI=1S/C12H16BrN3S/c1-2-4-14-10(12-15-5-6-16-12)8-11-9(13)3-7-17-11/h3,5-7,10,14H,2,4,8H2,1H3,(H,15,16). The predicted octanol–water partition coefficient (Wildman–Crippen LogP) is 3.52. The van der Waals surface area contributed by atoms with Crippen molar-refractivity contribution in [2.45, 2.75) is 25.8 Å². The van der Waals surface area contributed by atoms with Crippen molar-refractivity contribution in [3.8, 4) is 0 Å². The van der Waals surface area contributed by atoms with Gasteiger partial charge in [0.25, 0.3) is 0 Å². The molecule has 0 bridgehead atoms. The van der Waals surface area contributed by atoms with E-state index >= 15 is 0 Å². The summed E-state index contributed by atoms with van der Waals surface area (Å²) in [5.74, 6) is 1.01. The summed E-state index contributed by atoms with van der Waals surface area (Å²) in [6, 6.07) is 2.36. The average molecular weight is 314 g/mol. The molecule has 0 fully saturated rings. The first-order chi connectivity index (χ1) is 8.31. The van der Waals surface area contributed by atoms with E-state index in [9.17, 15) is 0 Å². The van der Waals surface area contributed by atoms with Gasteiger partial charge in [-0.1, -0.05) is 6.92 Å². The van der Waals surface area contributed by atoms with Crippen LogP contribution in [0.15, 0.2) is 28.3 Å². The number of H-pyrrole nitrogens is 1. The van der Waals surface area contributed by atoms with Gasteiger partial charge in [0, 0.05) is 28.2 Å². The Balaban J connectivity index is 2.08. The molecule has 2 aromatic rings. The molecule has 2 heterocycles. The topological polar surface area (TPSA) is 40.7 Å². The molecule has 3 nitrogen and oxygen atoms in total. The summed E-state index contributed by atoms with van der Waals surface area (Å²) >= 11 is 5.36. The summed E-state index contributed by atoms with van der Waals surface area (Å²) in [6.45, 7) is 3.18. The molecule has 2 rings (SSSR count). The maximum absolute atomic E-state index is 4.35. The highest BCUT2D eigenvalue weighted by molar-refractivity contribution is 9.10. The molecule has 0 aliphatic rings. The number of imidazole rings is 1. The number of rotatable bonds is 6. The highest BCUT2D eigenvalue weighted by Gasteiger charge is 2.15. The second kappa shape index (κ2) is 6.33. The normalized spacial score (nSPS) is 12.8. The lowest BCUT2D eigenvalue weighted by atomic mass is 10.1. The first-order valence-corrected chi connectivity index (χ1v) is 7.43. The zero-order valence-corrected chi connectivity index (χ0v) is 12.1. The number of nitrogens with one attached hydrogen (secondary N) is 2. The van der Waals surface area contributed by atoms with E-state index in [-0.39, 0.29) is 6.04 Å². The molecule has 17 heavy (non-hydrogen) atoms. The number of aromatic amines is 1. The van der Waals surface area contributed by atoms with Crippen molar-refractivity contribution < 1.29 is 0 Å². The van der Waals surface area contributed by atoms with E-state index < -0.39 is 0 Å². The molecular weight excluding hydrogens is 298 g/mol. The van der Waals surface area contributed by atoms with Crippen molar-refractivity contribution in [1.29, 1.82) is 0 Å². The Bertz CT molecular complexity index is 438. The smallest absolute Gasteiger partial charge is 0.123 e. The van der Waals surface area contributed by atoms with Crippen LogP contribution in [-0.4, -0.2) is 16.5 Å². The lowest BCUT2D eigenvalue weighted by Crippen LogP contribution is -2.24. The summed E-state index contributed by atoms with van der Waals surface area (Å²) in [6.07, 6.45) is 5.77. The molecule has 0 aliphatic carbocycles. The quantitative estimate of drug-likeness (QED) is 0.856. The van der Waals surface area contributed by atoms with Gasteiger partial charge in [-0.2, -0.15) is 0 Å². The fraction of sp³-hybridized carbons (Fsp3) is 0.417. The SMILES string of the molecule is CCCNC(Cc1sccc1Br)c1ncc[nH]1. The molecule has 0 aromatic carbocycles. The van der Waals surface area contributed by atoms with Gasteiger partial charge < -0.3 is 10.3 Å². The fourth-order valence-electron chi connectivity index (χ4n) is 1.71. The van der Waals surface area contributed by atoms with Crippen LogP contribution in [0.25, 0.3) is 0 Å². The molecule has 1 unspecified atom stereocenters. The maximum atomic E-state index is 4.35. The van der Waals surface area contributed by atoms with Gasteiger partial charge in [0.15, 0.2) is 0 Å². The van der Waals surface area contributed by atoms with E-state index in [1.54, 1.807) is 17.5 Å². The van der Waals surface area contributed by atoms with E-state index in [0.29, 0.717) is 0 Å². The zero-order valence-electron chi connectivity index (χ0n) is 9.74. The Labute approximate surface area is 114 Å². The molecule has 92 valence electrons. The van der Waals surface area contributed by atoms with Crippen LogP contribution < -0.4 is 5.32 Å². The van der Waals surface area contributed by atoms with Crippen molar-refractivity contribution >= 4 is 27.3 Å². The highest BCUT2D eigenvalue weighted by Crippen LogP contribution is 2.27. The van der Waals surface area contributed by atoms with Crippen LogP contribution in [-0.2, 0) is 6.42 Å². The third-order valence-electron chi connectivity index (χ3n) is 2.57. The van der Waals surface area contributed by atoms with Crippen LogP contribution in [0.1, 0.15) is 30.1 Å². The van der Waals surface area contributed by atoms with E-state index in [2.05, 4.69) is 49.6 Å². The molecule has 0 radical (unpaired) electrons. The summed E-state index contributed by atoms with van der Waals surface area (Å²) in [5, 5.41) is 5.64. The lowest BCUT2D eigenvalue weighted by molar-refractivity contribution is 0.511. The Kier molecular flexibility index (Phi) is 4.76. The van der Waals surface area contributed by atoms with Gasteiger partial charge in [-0.05, 0) is 40.3 Å². The first-order valence-electron chi connectivity index (χ1n) is 5.75. The van der Waals surface area contributed by atoms with Gasteiger partial charge in [-0.25, -0.2) is 4.98 Å². The summed E-state index contributed by atoms with van der Waals surface area (Å²) in [5.41, 5.74) is 0. The Morgan fingerprint density at radius 2 is 2.47 bits per heavy atom. The van der Waals surface area contributed by atoms with Crippen LogP contribution in [0.4, 0.5) is 0 Å². The Morgan fingerprint density at radius 1 is 1.59 bits per heavy atom. The Morgan fingerprint density at radius 3 is 3.06 bits per heavy atom. The molecular formula is C12H16BrN3S. The number of hydrogen-bond acceptors (Lipinski definition) is 3. The van der Waals surface area contributed by atoms with E-state index in [1.165, 1.54) is 9.35 Å².